The van der Waals surface area contributed by atoms with Gasteiger partial charge in [-0.1, -0.05) is 5.21 Å². The van der Waals surface area contributed by atoms with E-state index >= 15 is 0 Å². The van der Waals surface area contributed by atoms with Gasteiger partial charge in [0, 0.05) is 20.1 Å². The zero-order valence-electron chi connectivity index (χ0n) is 5.28. The van der Waals surface area contributed by atoms with Gasteiger partial charge >= 0.3 is 0 Å². The molecule has 1 heterocycles. The van der Waals surface area contributed by atoms with Crippen molar-refractivity contribution >= 4 is 0 Å². The summed E-state index contributed by atoms with van der Waals surface area (Å²) in [7, 11) is 1.80. The second kappa shape index (κ2) is 2.59. The summed E-state index contributed by atoms with van der Waals surface area (Å²) >= 11 is 0. The molecule has 9 heavy (non-hydrogen) atoms. The lowest BCUT2D eigenvalue weighted by Crippen LogP contribution is -2.00. The normalized spacial score (nSPS) is 10.0. The van der Waals surface area contributed by atoms with Gasteiger partial charge in [0.05, 0.1) is 11.9 Å². The van der Waals surface area contributed by atoms with E-state index in [-0.39, 0.29) is 6.61 Å². The van der Waals surface area contributed by atoms with Gasteiger partial charge < -0.3 is 5.11 Å². The fourth-order valence-electron chi connectivity index (χ4n) is 0.652. The molecule has 0 aliphatic heterocycles. The van der Waals surface area contributed by atoms with E-state index in [9.17, 15) is 0 Å². The fraction of sp³-hybridized carbons (Fsp3) is 0.600. The standard InChI is InChI=1S/C5H9N3O/c1-8-5(2-3-9)4-6-7-8/h4,9H,2-3H2,1H3. The zero-order valence-corrected chi connectivity index (χ0v) is 5.28. The van der Waals surface area contributed by atoms with Crippen LogP contribution in [0, 0.1) is 0 Å². The number of rotatable bonds is 2. The highest BCUT2D eigenvalue weighted by atomic mass is 16.3. The van der Waals surface area contributed by atoms with Crippen molar-refractivity contribution in [2.75, 3.05) is 6.61 Å². The average molecular weight is 127 g/mol. The van der Waals surface area contributed by atoms with E-state index in [1.165, 1.54) is 0 Å². The van der Waals surface area contributed by atoms with Crippen molar-refractivity contribution in [3.8, 4) is 0 Å². The maximum atomic E-state index is 8.49. The summed E-state index contributed by atoms with van der Waals surface area (Å²) in [4.78, 5) is 0. The van der Waals surface area contributed by atoms with Gasteiger partial charge in [-0.2, -0.15) is 0 Å². The van der Waals surface area contributed by atoms with E-state index in [1.54, 1.807) is 17.9 Å². The van der Waals surface area contributed by atoms with E-state index in [2.05, 4.69) is 10.3 Å². The molecule has 4 heteroatoms. The van der Waals surface area contributed by atoms with Crippen LogP contribution >= 0.6 is 0 Å². The summed E-state index contributed by atoms with van der Waals surface area (Å²) in [5, 5.41) is 15.8. The fourth-order valence-corrected chi connectivity index (χ4v) is 0.652. The van der Waals surface area contributed by atoms with Gasteiger partial charge in [-0.3, -0.25) is 4.68 Å². The molecule has 0 amide bonds. The molecular formula is C5H9N3O. The van der Waals surface area contributed by atoms with Gasteiger partial charge in [0.25, 0.3) is 0 Å². The molecule has 1 N–H and O–H groups in total. The number of hydrogen-bond acceptors (Lipinski definition) is 3. The van der Waals surface area contributed by atoms with Crippen molar-refractivity contribution in [3.63, 3.8) is 0 Å². The number of aliphatic hydroxyl groups is 1. The minimum Gasteiger partial charge on any atom is -0.396 e. The first-order valence-corrected chi connectivity index (χ1v) is 2.79. The number of nitrogens with zero attached hydrogens (tertiary/aromatic N) is 3. The van der Waals surface area contributed by atoms with Crippen LogP contribution in [0.4, 0.5) is 0 Å². The van der Waals surface area contributed by atoms with E-state index in [0.717, 1.165) is 5.69 Å². The third-order valence-electron chi connectivity index (χ3n) is 1.18. The molecular weight excluding hydrogens is 118 g/mol. The van der Waals surface area contributed by atoms with Gasteiger partial charge in [-0.05, 0) is 0 Å². The molecule has 4 nitrogen and oxygen atoms in total. The zero-order chi connectivity index (χ0) is 6.69. The monoisotopic (exact) mass is 127 g/mol. The summed E-state index contributed by atoms with van der Waals surface area (Å²) < 4.78 is 1.65. The first-order chi connectivity index (χ1) is 4.34. The van der Waals surface area contributed by atoms with Gasteiger partial charge in [-0.25, -0.2) is 0 Å². The molecule has 1 rings (SSSR count). The van der Waals surface area contributed by atoms with Gasteiger partial charge in [0.1, 0.15) is 0 Å². The predicted molar refractivity (Wildman–Crippen MR) is 31.8 cm³/mol. The Kier molecular flexibility index (Phi) is 1.79. The molecule has 1 aromatic heterocycles. The summed E-state index contributed by atoms with van der Waals surface area (Å²) in [6.07, 6.45) is 2.28. The Balaban J connectivity index is 2.69. The number of aromatic nitrogens is 3. The number of aliphatic hydroxyl groups excluding tert-OH is 1. The summed E-state index contributed by atoms with van der Waals surface area (Å²) in [5.74, 6) is 0. The Bertz CT molecular complexity index is 184. The highest BCUT2D eigenvalue weighted by Gasteiger charge is 1.95. The highest BCUT2D eigenvalue weighted by molar-refractivity contribution is 4.92. The lowest BCUT2D eigenvalue weighted by molar-refractivity contribution is 0.296. The van der Waals surface area contributed by atoms with Crippen LogP contribution in [0.1, 0.15) is 5.69 Å². The van der Waals surface area contributed by atoms with Crippen LogP contribution < -0.4 is 0 Å². The summed E-state index contributed by atoms with van der Waals surface area (Å²) in [6, 6.07) is 0. The molecule has 0 aliphatic carbocycles. The Labute approximate surface area is 53.1 Å². The summed E-state index contributed by atoms with van der Waals surface area (Å²) in [5.41, 5.74) is 0.956. The maximum absolute atomic E-state index is 8.49. The van der Waals surface area contributed by atoms with E-state index in [0.29, 0.717) is 6.42 Å². The summed E-state index contributed by atoms with van der Waals surface area (Å²) in [6.45, 7) is 0.154. The van der Waals surface area contributed by atoms with Crippen LogP contribution in [0.15, 0.2) is 6.20 Å². The molecule has 1 aromatic rings. The van der Waals surface area contributed by atoms with Crippen molar-refractivity contribution in [2.24, 2.45) is 7.05 Å². The molecule has 0 saturated heterocycles. The largest absolute Gasteiger partial charge is 0.396 e. The molecule has 0 aliphatic rings. The molecule has 0 fully saturated rings. The topological polar surface area (TPSA) is 50.9 Å². The average Bonchev–Trinajstić information content (AvgIpc) is 2.18. The lowest BCUT2D eigenvalue weighted by atomic mass is 10.3. The SMILES string of the molecule is Cn1nncc1CCO. The number of hydrogen-bond donors (Lipinski definition) is 1. The molecule has 0 radical (unpaired) electrons. The van der Waals surface area contributed by atoms with Gasteiger partial charge in [0.15, 0.2) is 0 Å². The minimum absolute atomic E-state index is 0.154. The molecule has 0 spiro atoms. The Morgan fingerprint density at radius 1 is 1.78 bits per heavy atom. The lowest BCUT2D eigenvalue weighted by Gasteiger charge is -1.93. The van der Waals surface area contributed by atoms with Crippen LogP contribution in [-0.2, 0) is 13.5 Å². The third kappa shape index (κ3) is 1.26. The molecule has 50 valence electrons. The van der Waals surface area contributed by atoms with Crippen LogP contribution in [-0.4, -0.2) is 26.7 Å². The van der Waals surface area contributed by atoms with Gasteiger partial charge in [0.2, 0.25) is 0 Å². The quantitative estimate of drug-likeness (QED) is 0.574. The first-order valence-electron chi connectivity index (χ1n) is 2.79. The smallest absolute Gasteiger partial charge is 0.0725 e. The van der Waals surface area contributed by atoms with Crippen LogP contribution in [0.3, 0.4) is 0 Å². The third-order valence-corrected chi connectivity index (χ3v) is 1.18. The molecule has 0 atom stereocenters. The van der Waals surface area contributed by atoms with Crippen molar-refractivity contribution < 1.29 is 5.11 Å². The second-order valence-electron chi connectivity index (χ2n) is 1.82. The minimum atomic E-state index is 0.154. The maximum Gasteiger partial charge on any atom is 0.0725 e. The second-order valence-corrected chi connectivity index (χ2v) is 1.82. The molecule has 0 unspecified atom stereocenters. The molecule has 0 bridgehead atoms. The first kappa shape index (κ1) is 6.22. The van der Waals surface area contributed by atoms with E-state index in [4.69, 9.17) is 5.11 Å². The predicted octanol–water partition coefficient (Wildman–Crippen LogP) is -0.650. The van der Waals surface area contributed by atoms with E-state index < -0.39 is 0 Å². The van der Waals surface area contributed by atoms with Crippen molar-refractivity contribution in [1.29, 1.82) is 0 Å². The van der Waals surface area contributed by atoms with Crippen molar-refractivity contribution in [1.82, 2.24) is 15.0 Å². The highest BCUT2D eigenvalue weighted by Crippen LogP contribution is 1.92. The van der Waals surface area contributed by atoms with Crippen molar-refractivity contribution in [3.05, 3.63) is 11.9 Å². The van der Waals surface area contributed by atoms with Crippen LogP contribution in [0.25, 0.3) is 0 Å². The van der Waals surface area contributed by atoms with Crippen molar-refractivity contribution in [2.45, 2.75) is 6.42 Å². The Morgan fingerprint density at radius 2 is 2.56 bits per heavy atom. The van der Waals surface area contributed by atoms with Crippen LogP contribution in [0.2, 0.25) is 0 Å². The molecule has 0 saturated carbocycles. The molecule has 0 aromatic carbocycles. The Hall–Kier alpha value is -0.900. The van der Waals surface area contributed by atoms with E-state index in [1.807, 2.05) is 0 Å². The van der Waals surface area contributed by atoms with Crippen LogP contribution in [0.5, 0.6) is 0 Å². The van der Waals surface area contributed by atoms with Gasteiger partial charge in [-0.15, -0.1) is 5.10 Å². The Morgan fingerprint density at radius 3 is 3.00 bits per heavy atom. The number of aryl methyl sites for hydroxylation is 1.